The highest BCUT2D eigenvalue weighted by Crippen LogP contribution is 2.29. The summed E-state index contributed by atoms with van der Waals surface area (Å²) in [5.41, 5.74) is 2.93. The average molecular weight is 402 g/mol. The zero-order valence-corrected chi connectivity index (χ0v) is 15.8. The standard InChI is InChI=1S/C20H20ClN3O4/c21-15-9-11-16(12-10-15)24-19(26)17(7-4-8-18(25)22-28)23(20(24)27)13-14-5-2-1-3-6-14/h1-3,5-6,9-12,17,28H,4,7-8,13H2,(H,22,25). The molecule has 0 spiro atoms. The van der Waals surface area contributed by atoms with Crippen LogP contribution in [-0.2, 0) is 16.1 Å². The Morgan fingerprint density at radius 1 is 1.07 bits per heavy atom. The zero-order chi connectivity index (χ0) is 20.1. The summed E-state index contributed by atoms with van der Waals surface area (Å²) in [6.45, 7) is 0.284. The molecular formula is C20H20ClN3O4. The van der Waals surface area contributed by atoms with Crippen molar-refractivity contribution in [2.75, 3.05) is 4.90 Å². The monoisotopic (exact) mass is 401 g/mol. The molecule has 28 heavy (non-hydrogen) atoms. The molecule has 3 rings (SSSR count). The molecule has 0 bridgehead atoms. The fraction of sp³-hybridized carbons (Fsp3) is 0.250. The van der Waals surface area contributed by atoms with Crippen molar-refractivity contribution >= 4 is 35.1 Å². The first-order valence-electron chi connectivity index (χ1n) is 8.88. The normalized spacial score (nSPS) is 16.6. The van der Waals surface area contributed by atoms with Gasteiger partial charge in [-0.25, -0.2) is 15.2 Å². The van der Waals surface area contributed by atoms with Gasteiger partial charge in [-0.05, 0) is 42.7 Å². The largest absolute Gasteiger partial charge is 0.332 e. The molecule has 0 aromatic heterocycles. The van der Waals surface area contributed by atoms with Crippen molar-refractivity contribution in [1.82, 2.24) is 10.4 Å². The number of nitrogens with one attached hydrogen (secondary N) is 1. The van der Waals surface area contributed by atoms with Crippen molar-refractivity contribution in [3.05, 3.63) is 65.2 Å². The van der Waals surface area contributed by atoms with Gasteiger partial charge < -0.3 is 4.90 Å². The molecule has 0 radical (unpaired) electrons. The molecule has 1 aliphatic heterocycles. The molecule has 0 aliphatic carbocycles. The maximum absolute atomic E-state index is 13.0. The number of amides is 4. The Bertz CT molecular complexity index is 858. The number of hydrogen-bond donors (Lipinski definition) is 2. The molecule has 1 fully saturated rings. The van der Waals surface area contributed by atoms with E-state index in [1.807, 2.05) is 30.3 Å². The first-order chi connectivity index (χ1) is 13.5. The molecule has 7 nitrogen and oxygen atoms in total. The van der Waals surface area contributed by atoms with Crippen molar-refractivity contribution < 1.29 is 19.6 Å². The Morgan fingerprint density at radius 2 is 1.75 bits per heavy atom. The molecule has 1 atom stereocenters. The minimum absolute atomic E-state index is 0.0641. The van der Waals surface area contributed by atoms with E-state index in [4.69, 9.17) is 16.8 Å². The molecule has 1 aliphatic rings. The van der Waals surface area contributed by atoms with Gasteiger partial charge in [0.1, 0.15) is 6.04 Å². The Balaban J connectivity index is 1.84. The number of benzene rings is 2. The summed E-state index contributed by atoms with van der Waals surface area (Å²) in [5, 5.41) is 9.14. The van der Waals surface area contributed by atoms with E-state index in [0.717, 1.165) is 10.5 Å². The second-order valence-electron chi connectivity index (χ2n) is 6.49. The van der Waals surface area contributed by atoms with Crippen molar-refractivity contribution in [2.24, 2.45) is 0 Å². The summed E-state index contributed by atoms with van der Waals surface area (Å²) in [5.74, 6) is -0.867. The van der Waals surface area contributed by atoms with E-state index in [0.29, 0.717) is 23.6 Å². The maximum atomic E-state index is 13.0. The average Bonchev–Trinajstić information content (AvgIpc) is 2.93. The fourth-order valence-corrected chi connectivity index (χ4v) is 3.34. The number of carbonyl (C=O) groups is 3. The Hall–Kier alpha value is -2.90. The van der Waals surface area contributed by atoms with Gasteiger partial charge >= 0.3 is 6.03 Å². The van der Waals surface area contributed by atoms with Gasteiger partial charge in [-0.2, -0.15) is 0 Å². The molecule has 2 aromatic carbocycles. The molecule has 2 aromatic rings. The van der Waals surface area contributed by atoms with Crippen LogP contribution in [0.15, 0.2) is 54.6 Å². The Labute approximate surface area is 167 Å². The van der Waals surface area contributed by atoms with Gasteiger partial charge in [0.25, 0.3) is 5.91 Å². The van der Waals surface area contributed by atoms with E-state index in [1.165, 1.54) is 4.90 Å². The van der Waals surface area contributed by atoms with Crippen LogP contribution in [0.25, 0.3) is 0 Å². The number of hydrogen-bond acceptors (Lipinski definition) is 4. The topological polar surface area (TPSA) is 90.0 Å². The number of nitrogens with zero attached hydrogens (tertiary/aromatic N) is 2. The molecule has 2 N–H and O–H groups in total. The highest BCUT2D eigenvalue weighted by Gasteiger charge is 2.45. The third-order valence-corrected chi connectivity index (χ3v) is 4.86. The van der Waals surface area contributed by atoms with Crippen molar-refractivity contribution in [3.8, 4) is 0 Å². The van der Waals surface area contributed by atoms with Crippen LogP contribution < -0.4 is 10.4 Å². The molecule has 1 unspecified atom stereocenters. The van der Waals surface area contributed by atoms with Crippen LogP contribution in [0.5, 0.6) is 0 Å². The van der Waals surface area contributed by atoms with Gasteiger partial charge in [0.05, 0.1) is 5.69 Å². The number of imide groups is 1. The lowest BCUT2D eigenvalue weighted by atomic mass is 10.1. The quantitative estimate of drug-likeness (QED) is 0.423. The van der Waals surface area contributed by atoms with Crippen LogP contribution in [0, 0.1) is 0 Å². The minimum Gasteiger partial charge on any atom is -0.308 e. The van der Waals surface area contributed by atoms with Crippen LogP contribution in [0.1, 0.15) is 24.8 Å². The first kappa shape index (κ1) is 19.9. The van der Waals surface area contributed by atoms with Gasteiger partial charge in [-0.3, -0.25) is 14.8 Å². The van der Waals surface area contributed by atoms with Gasteiger partial charge in [-0.15, -0.1) is 0 Å². The lowest BCUT2D eigenvalue weighted by Gasteiger charge is -2.21. The second kappa shape index (κ2) is 8.86. The van der Waals surface area contributed by atoms with Crippen LogP contribution in [-0.4, -0.2) is 34.0 Å². The number of anilines is 1. The van der Waals surface area contributed by atoms with Gasteiger partial charge in [-0.1, -0.05) is 41.9 Å². The van der Waals surface area contributed by atoms with E-state index in [2.05, 4.69) is 0 Å². The molecule has 0 saturated carbocycles. The molecular weight excluding hydrogens is 382 g/mol. The number of carbonyl (C=O) groups excluding carboxylic acids is 3. The Kier molecular flexibility index (Phi) is 6.28. The fourth-order valence-electron chi connectivity index (χ4n) is 3.22. The molecule has 1 heterocycles. The third-order valence-electron chi connectivity index (χ3n) is 4.61. The molecule has 8 heteroatoms. The summed E-state index contributed by atoms with van der Waals surface area (Å²) < 4.78 is 0. The van der Waals surface area contributed by atoms with Gasteiger partial charge in [0, 0.05) is 18.0 Å². The highest BCUT2D eigenvalue weighted by atomic mass is 35.5. The predicted molar refractivity (Wildman–Crippen MR) is 104 cm³/mol. The van der Waals surface area contributed by atoms with Crippen LogP contribution in [0.4, 0.5) is 10.5 Å². The second-order valence-corrected chi connectivity index (χ2v) is 6.93. The number of halogens is 1. The summed E-state index contributed by atoms with van der Waals surface area (Å²) >= 11 is 5.91. The van der Waals surface area contributed by atoms with Gasteiger partial charge in [0.15, 0.2) is 0 Å². The van der Waals surface area contributed by atoms with Crippen molar-refractivity contribution in [2.45, 2.75) is 31.8 Å². The zero-order valence-electron chi connectivity index (χ0n) is 15.0. The van der Waals surface area contributed by atoms with E-state index in [1.54, 1.807) is 29.7 Å². The van der Waals surface area contributed by atoms with E-state index in [9.17, 15) is 14.4 Å². The minimum atomic E-state index is -0.685. The lowest BCUT2D eigenvalue weighted by molar-refractivity contribution is -0.129. The summed E-state index contributed by atoms with van der Waals surface area (Å²) in [6, 6.07) is 14.8. The molecule has 1 saturated heterocycles. The van der Waals surface area contributed by atoms with E-state index in [-0.39, 0.29) is 18.9 Å². The van der Waals surface area contributed by atoms with Crippen molar-refractivity contribution in [3.63, 3.8) is 0 Å². The SMILES string of the molecule is O=C(CCCC1C(=O)N(c2ccc(Cl)cc2)C(=O)N1Cc1ccccc1)NO. The van der Waals surface area contributed by atoms with Gasteiger partial charge in [0.2, 0.25) is 5.91 Å². The van der Waals surface area contributed by atoms with Crippen molar-refractivity contribution in [1.29, 1.82) is 0 Å². The van der Waals surface area contributed by atoms with Crippen LogP contribution in [0.2, 0.25) is 5.02 Å². The smallest absolute Gasteiger partial charge is 0.308 e. The van der Waals surface area contributed by atoms with E-state index >= 15 is 0 Å². The summed E-state index contributed by atoms with van der Waals surface area (Å²) in [7, 11) is 0. The predicted octanol–water partition coefficient (Wildman–Crippen LogP) is 3.35. The Morgan fingerprint density at radius 3 is 2.39 bits per heavy atom. The highest BCUT2D eigenvalue weighted by molar-refractivity contribution is 6.30. The van der Waals surface area contributed by atoms with E-state index < -0.39 is 18.0 Å². The third kappa shape index (κ3) is 4.32. The number of urea groups is 1. The summed E-state index contributed by atoms with van der Waals surface area (Å²) in [6.07, 6.45) is 0.735. The number of rotatable bonds is 7. The van der Waals surface area contributed by atoms with Crippen LogP contribution >= 0.6 is 11.6 Å². The lowest BCUT2D eigenvalue weighted by Crippen LogP contribution is -2.35. The molecule has 4 amide bonds. The number of hydroxylamine groups is 1. The summed E-state index contributed by atoms with van der Waals surface area (Å²) in [4.78, 5) is 40.0. The molecule has 146 valence electrons. The van der Waals surface area contributed by atoms with Crippen LogP contribution in [0.3, 0.4) is 0 Å². The maximum Gasteiger partial charge on any atom is 0.332 e. The first-order valence-corrected chi connectivity index (χ1v) is 9.26.